The molecule has 0 bridgehead atoms. The van der Waals surface area contributed by atoms with Crippen LogP contribution in [0, 0.1) is 13.8 Å². The molecule has 2 aromatic heterocycles. The van der Waals surface area contributed by atoms with Crippen LogP contribution in [0.15, 0.2) is 9.55 Å². The Labute approximate surface area is 122 Å². The largest absolute Gasteiger partial charge is 0.340 e. The second-order valence-electron chi connectivity index (χ2n) is 4.47. The third-order valence-corrected chi connectivity index (χ3v) is 4.20. The Balaban J connectivity index is 2.15. The van der Waals surface area contributed by atoms with Crippen molar-refractivity contribution in [2.24, 2.45) is 0 Å². The highest BCUT2D eigenvalue weighted by molar-refractivity contribution is 7.89. The van der Waals surface area contributed by atoms with Gasteiger partial charge in [-0.3, -0.25) is 5.10 Å². The van der Waals surface area contributed by atoms with Crippen LogP contribution in [-0.2, 0) is 23.1 Å². The normalized spacial score (nSPS) is 12.0. The number of nitrogens with one attached hydrogen (secondary N) is 3. The molecule has 0 unspecified atom stereocenters. The van der Waals surface area contributed by atoms with Crippen LogP contribution >= 0.6 is 0 Å². The highest BCUT2D eigenvalue weighted by atomic mass is 32.2. The molecule has 10 heteroatoms. The first-order valence-corrected chi connectivity index (χ1v) is 7.95. The van der Waals surface area contributed by atoms with Gasteiger partial charge in [-0.25, -0.2) is 13.1 Å². The fourth-order valence-electron chi connectivity index (χ4n) is 1.75. The molecule has 0 aliphatic heterocycles. The maximum absolute atomic E-state index is 12.3. The lowest BCUT2D eigenvalue weighted by molar-refractivity contribution is 0.387. The first kappa shape index (κ1) is 15.6. The zero-order valence-electron chi connectivity index (χ0n) is 12.1. The van der Waals surface area contributed by atoms with E-state index in [1.165, 1.54) is 0 Å². The lowest BCUT2D eigenvalue weighted by atomic mass is 10.2. The summed E-state index contributed by atoms with van der Waals surface area (Å²) in [7, 11) is -3.74. The minimum Gasteiger partial charge on any atom is -0.340 e. The molecule has 116 valence electrons. The summed E-state index contributed by atoms with van der Waals surface area (Å²) in [5.41, 5.74) is 1.33. The van der Waals surface area contributed by atoms with Gasteiger partial charge in [-0.05, 0) is 13.5 Å². The molecule has 0 fully saturated rings. The highest BCUT2D eigenvalue weighted by Gasteiger charge is 2.23. The Bertz CT molecular complexity index is 705. The molecule has 0 aliphatic carbocycles. The van der Waals surface area contributed by atoms with Crippen molar-refractivity contribution in [1.29, 1.82) is 0 Å². The van der Waals surface area contributed by atoms with Gasteiger partial charge in [-0.1, -0.05) is 12.1 Å². The van der Waals surface area contributed by atoms with Gasteiger partial charge in [-0.15, -0.1) is 0 Å². The second kappa shape index (κ2) is 6.33. The zero-order valence-corrected chi connectivity index (χ0v) is 12.9. The van der Waals surface area contributed by atoms with E-state index in [2.05, 4.69) is 30.4 Å². The van der Waals surface area contributed by atoms with Crippen molar-refractivity contribution < 1.29 is 12.9 Å². The van der Waals surface area contributed by atoms with E-state index < -0.39 is 10.0 Å². The van der Waals surface area contributed by atoms with Gasteiger partial charge in [0.1, 0.15) is 0 Å². The van der Waals surface area contributed by atoms with Crippen molar-refractivity contribution in [2.75, 3.05) is 6.54 Å². The molecule has 0 saturated carbocycles. The first-order valence-electron chi connectivity index (χ1n) is 6.47. The number of hydrogen-bond acceptors (Lipinski definition) is 7. The smallest absolute Gasteiger partial charge is 0.260 e. The van der Waals surface area contributed by atoms with E-state index in [9.17, 15) is 8.42 Å². The van der Waals surface area contributed by atoms with Crippen LogP contribution in [0.1, 0.15) is 29.9 Å². The molecule has 9 nitrogen and oxygen atoms in total. The van der Waals surface area contributed by atoms with Gasteiger partial charge in [0.05, 0.1) is 6.54 Å². The Hall–Kier alpha value is -1.78. The summed E-state index contributed by atoms with van der Waals surface area (Å²) >= 11 is 0. The molecule has 2 rings (SSSR count). The van der Waals surface area contributed by atoms with Crippen molar-refractivity contribution in [3.8, 4) is 0 Å². The average Bonchev–Trinajstić information content (AvgIpc) is 3.01. The number of aryl methyl sites for hydroxylation is 2. The van der Waals surface area contributed by atoms with Gasteiger partial charge < -0.3 is 9.84 Å². The molecule has 0 amide bonds. The lowest BCUT2D eigenvalue weighted by Gasteiger charge is -2.06. The first-order chi connectivity index (χ1) is 9.94. The van der Waals surface area contributed by atoms with Gasteiger partial charge >= 0.3 is 0 Å². The minimum absolute atomic E-state index is 0.0128. The molecule has 3 N–H and O–H groups in total. The van der Waals surface area contributed by atoms with Crippen molar-refractivity contribution in [3.63, 3.8) is 0 Å². The van der Waals surface area contributed by atoms with Gasteiger partial charge in [0, 0.05) is 24.7 Å². The molecule has 0 spiro atoms. The van der Waals surface area contributed by atoms with Crippen LogP contribution in [0.25, 0.3) is 0 Å². The number of H-pyrrole nitrogens is 1. The Morgan fingerprint density at radius 1 is 1.29 bits per heavy atom. The van der Waals surface area contributed by atoms with Gasteiger partial charge in [-0.2, -0.15) is 10.1 Å². The summed E-state index contributed by atoms with van der Waals surface area (Å²) < 4.78 is 31.8. The molecule has 0 saturated heterocycles. The van der Waals surface area contributed by atoms with E-state index in [1.807, 2.05) is 6.92 Å². The van der Waals surface area contributed by atoms with Gasteiger partial charge in [0.15, 0.2) is 10.9 Å². The standard InChI is InChI=1S/C11H18N6O3S/c1-4-12-5-9-7(2)15-16-11(9)21(18,19)13-6-10-14-8(3)20-17-10/h12-13H,4-6H2,1-3H3,(H,15,16). The molecule has 0 atom stereocenters. The average molecular weight is 314 g/mol. The fourth-order valence-corrected chi connectivity index (χ4v) is 2.92. The van der Waals surface area contributed by atoms with E-state index in [-0.39, 0.29) is 17.4 Å². The van der Waals surface area contributed by atoms with Crippen molar-refractivity contribution in [1.82, 2.24) is 30.4 Å². The number of rotatable bonds is 7. The molecule has 0 aliphatic rings. The van der Waals surface area contributed by atoms with Crippen LogP contribution in [0.5, 0.6) is 0 Å². The van der Waals surface area contributed by atoms with Crippen molar-refractivity contribution in [3.05, 3.63) is 23.0 Å². The second-order valence-corrected chi connectivity index (χ2v) is 6.15. The van der Waals surface area contributed by atoms with Gasteiger partial charge in [0.2, 0.25) is 5.89 Å². The minimum atomic E-state index is -3.74. The van der Waals surface area contributed by atoms with E-state index in [4.69, 9.17) is 4.52 Å². The fraction of sp³-hybridized carbons (Fsp3) is 0.545. The monoisotopic (exact) mass is 314 g/mol. The summed E-state index contributed by atoms with van der Waals surface area (Å²) in [6.45, 7) is 6.47. The van der Waals surface area contributed by atoms with Crippen LogP contribution in [0.4, 0.5) is 0 Å². The third kappa shape index (κ3) is 3.65. The predicted molar refractivity (Wildman–Crippen MR) is 73.8 cm³/mol. The number of hydrogen-bond donors (Lipinski definition) is 3. The number of nitrogens with zero attached hydrogens (tertiary/aromatic N) is 3. The summed E-state index contributed by atoms with van der Waals surface area (Å²) in [5, 5.41) is 13.3. The highest BCUT2D eigenvalue weighted by Crippen LogP contribution is 2.16. The topological polar surface area (TPSA) is 126 Å². The predicted octanol–water partition coefficient (Wildman–Crippen LogP) is -0.00246. The summed E-state index contributed by atoms with van der Waals surface area (Å²) in [4.78, 5) is 3.94. The van der Waals surface area contributed by atoms with E-state index in [1.54, 1.807) is 13.8 Å². The summed E-state index contributed by atoms with van der Waals surface area (Å²) in [6.07, 6.45) is 0. The van der Waals surface area contributed by atoms with Crippen LogP contribution in [0.3, 0.4) is 0 Å². The Kier molecular flexibility index (Phi) is 4.70. The number of aromatic nitrogens is 4. The molecule has 2 aromatic rings. The van der Waals surface area contributed by atoms with Crippen LogP contribution in [-0.4, -0.2) is 35.3 Å². The van der Waals surface area contributed by atoms with Crippen molar-refractivity contribution >= 4 is 10.0 Å². The van der Waals surface area contributed by atoms with Crippen molar-refractivity contribution in [2.45, 2.75) is 38.9 Å². The molecule has 21 heavy (non-hydrogen) atoms. The maximum atomic E-state index is 12.3. The maximum Gasteiger partial charge on any atom is 0.260 e. The van der Waals surface area contributed by atoms with Gasteiger partial charge in [0.25, 0.3) is 10.0 Å². The number of aromatic amines is 1. The molecule has 0 radical (unpaired) electrons. The zero-order chi connectivity index (χ0) is 15.5. The Morgan fingerprint density at radius 2 is 2.05 bits per heavy atom. The van der Waals surface area contributed by atoms with Crippen LogP contribution < -0.4 is 10.0 Å². The quantitative estimate of drug-likeness (QED) is 0.656. The van der Waals surface area contributed by atoms with E-state index in [0.717, 1.165) is 6.54 Å². The molecular formula is C11H18N6O3S. The summed E-state index contributed by atoms with van der Waals surface area (Å²) in [6, 6.07) is 0. The third-order valence-electron chi connectivity index (χ3n) is 2.83. The Morgan fingerprint density at radius 3 is 2.67 bits per heavy atom. The SMILES string of the molecule is CCNCc1c(S(=O)(=O)NCc2noc(C)n2)n[nH]c1C. The molecule has 0 aromatic carbocycles. The molecular weight excluding hydrogens is 296 g/mol. The number of sulfonamides is 1. The summed E-state index contributed by atoms with van der Waals surface area (Å²) in [5.74, 6) is 0.657. The lowest BCUT2D eigenvalue weighted by Crippen LogP contribution is -2.26. The van der Waals surface area contributed by atoms with E-state index >= 15 is 0 Å². The molecule has 2 heterocycles. The van der Waals surface area contributed by atoms with Crippen LogP contribution in [0.2, 0.25) is 0 Å². The van der Waals surface area contributed by atoms with E-state index in [0.29, 0.717) is 23.7 Å².